The Morgan fingerprint density at radius 1 is 1.24 bits per heavy atom. The topological polar surface area (TPSA) is 46.6 Å². The number of hydrogen-bond acceptors (Lipinski definition) is 3. The molecule has 0 saturated heterocycles. The molecule has 0 saturated carbocycles. The zero-order chi connectivity index (χ0) is 12.4. The zero-order valence-electron chi connectivity index (χ0n) is 9.77. The quantitative estimate of drug-likeness (QED) is 0.589. The Balaban J connectivity index is 2.30. The maximum atomic E-state index is 12.0. The van der Waals surface area contributed by atoms with Crippen molar-refractivity contribution in [1.29, 1.82) is 0 Å². The highest BCUT2D eigenvalue weighted by atomic mass is 16.5. The third kappa shape index (κ3) is 1.82. The monoisotopic (exact) mass is 231 g/mol. The number of methoxy groups -OCH3 is 1. The van der Waals surface area contributed by atoms with Crippen LogP contribution in [0.5, 0.6) is 0 Å². The third-order valence-electron chi connectivity index (χ3n) is 2.78. The van der Waals surface area contributed by atoms with Crippen LogP contribution >= 0.6 is 0 Å². The molecule has 1 aliphatic rings. The lowest BCUT2D eigenvalue weighted by molar-refractivity contribution is 0.0644. The van der Waals surface area contributed by atoms with Crippen molar-refractivity contribution in [3.63, 3.8) is 0 Å². The van der Waals surface area contributed by atoms with E-state index < -0.39 is 0 Å². The normalized spacial score (nSPS) is 15.2. The van der Waals surface area contributed by atoms with Crippen molar-refractivity contribution in [2.75, 3.05) is 13.7 Å². The number of benzene rings is 1. The van der Waals surface area contributed by atoms with Crippen LogP contribution in [0.4, 0.5) is 0 Å². The average molecular weight is 231 g/mol. The van der Waals surface area contributed by atoms with Gasteiger partial charge >= 0.3 is 0 Å². The minimum Gasteiger partial charge on any atom is -0.500 e. The number of hydrogen-bond donors (Lipinski definition) is 0. The third-order valence-corrected chi connectivity index (χ3v) is 2.78. The van der Waals surface area contributed by atoms with Gasteiger partial charge in [-0.3, -0.25) is 14.5 Å². The Labute approximate surface area is 99.5 Å². The first-order valence-corrected chi connectivity index (χ1v) is 5.33. The van der Waals surface area contributed by atoms with Gasteiger partial charge in [-0.25, -0.2) is 0 Å². The van der Waals surface area contributed by atoms with Crippen molar-refractivity contribution >= 4 is 11.8 Å². The van der Waals surface area contributed by atoms with Crippen LogP contribution in [-0.4, -0.2) is 30.4 Å². The summed E-state index contributed by atoms with van der Waals surface area (Å²) in [6, 6.07) is 6.83. The number of imide groups is 1. The number of allylic oxidation sites excluding steroid dienone is 1. The predicted molar refractivity (Wildman–Crippen MR) is 62.6 cm³/mol. The van der Waals surface area contributed by atoms with E-state index in [4.69, 9.17) is 4.74 Å². The molecule has 1 heterocycles. The SMILES string of the molecule is C/C=C(/CN1C(=O)c2ccccc2C1=O)OC. The average Bonchev–Trinajstić information content (AvgIpc) is 2.61. The number of amides is 2. The lowest BCUT2D eigenvalue weighted by atomic mass is 10.1. The molecule has 4 nitrogen and oxygen atoms in total. The van der Waals surface area contributed by atoms with Gasteiger partial charge in [-0.15, -0.1) is 0 Å². The van der Waals surface area contributed by atoms with E-state index in [1.165, 1.54) is 12.0 Å². The predicted octanol–water partition coefficient (Wildman–Crippen LogP) is 1.83. The van der Waals surface area contributed by atoms with Gasteiger partial charge in [0.05, 0.1) is 24.8 Å². The Morgan fingerprint density at radius 3 is 2.18 bits per heavy atom. The summed E-state index contributed by atoms with van der Waals surface area (Å²) in [5.41, 5.74) is 0.924. The summed E-state index contributed by atoms with van der Waals surface area (Å²) in [5.74, 6) is 0.0727. The van der Waals surface area contributed by atoms with Crippen molar-refractivity contribution < 1.29 is 14.3 Å². The summed E-state index contributed by atoms with van der Waals surface area (Å²) in [7, 11) is 1.52. The summed E-state index contributed by atoms with van der Waals surface area (Å²) >= 11 is 0. The first kappa shape index (κ1) is 11.4. The fourth-order valence-corrected chi connectivity index (χ4v) is 1.81. The van der Waals surface area contributed by atoms with Crippen LogP contribution in [0.1, 0.15) is 27.6 Å². The van der Waals surface area contributed by atoms with Crippen molar-refractivity contribution in [3.8, 4) is 0 Å². The highest BCUT2D eigenvalue weighted by Gasteiger charge is 2.35. The van der Waals surface area contributed by atoms with E-state index in [2.05, 4.69) is 0 Å². The van der Waals surface area contributed by atoms with Gasteiger partial charge in [0.2, 0.25) is 0 Å². The van der Waals surface area contributed by atoms with Crippen molar-refractivity contribution in [1.82, 2.24) is 4.90 Å². The maximum Gasteiger partial charge on any atom is 0.261 e. The van der Waals surface area contributed by atoms with Gasteiger partial charge in [-0.1, -0.05) is 12.1 Å². The second-order valence-electron chi connectivity index (χ2n) is 3.70. The molecule has 0 N–H and O–H groups in total. The summed E-state index contributed by atoms with van der Waals surface area (Å²) < 4.78 is 5.07. The highest BCUT2D eigenvalue weighted by Crippen LogP contribution is 2.23. The van der Waals surface area contributed by atoms with Crippen LogP contribution < -0.4 is 0 Å². The second-order valence-corrected chi connectivity index (χ2v) is 3.70. The molecule has 0 aliphatic carbocycles. The van der Waals surface area contributed by atoms with E-state index >= 15 is 0 Å². The highest BCUT2D eigenvalue weighted by molar-refractivity contribution is 6.21. The largest absolute Gasteiger partial charge is 0.500 e. The van der Waals surface area contributed by atoms with Gasteiger partial charge in [0, 0.05) is 0 Å². The van der Waals surface area contributed by atoms with E-state index in [0.29, 0.717) is 16.9 Å². The summed E-state index contributed by atoms with van der Waals surface area (Å²) in [6.45, 7) is 1.98. The molecular formula is C13H13NO3. The number of carbonyl (C=O) groups is 2. The fraction of sp³-hybridized carbons (Fsp3) is 0.231. The van der Waals surface area contributed by atoms with E-state index in [1.807, 2.05) is 0 Å². The molecule has 0 aromatic heterocycles. The Bertz CT molecular complexity index is 470. The molecule has 2 amide bonds. The molecule has 0 spiro atoms. The Morgan fingerprint density at radius 2 is 1.76 bits per heavy atom. The summed E-state index contributed by atoms with van der Waals surface area (Å²) in [4.78, 5) is 25.2. The van der Waals surface area contributed by atoms with Crippen LogP contribution in [0, 0.1) is 0 Å². The van der Waals surface area contributed by atoms with E-state index in [-0.39, 0.29) is 18.4 Å². The van der Waals surface area contributed by atoms with Crippen molar-refractivity contribution in [2.45, 2.75) is 6.92 Å². The van der Waals surface area contributed by atoms with Gasteiger partial charge in [0.1, 0.15) is 5.76 Å². The number of rotatable bonds is 3. The molecule has 0 unspecified atom stereocenters. The van der Waals surface area contributed by atoms with Gasteiger partial charge in [0.15, 0.2) is 0 Å². The van der Waals surface area contributed by atoms with Gasteiger partial charge in [0.25, 0.3) is 11.8 Å². The molecule has 4 heteroatoms. The lowest BCUT2D eigenvalue weighted by Crippen LogP contribution is -2.32. The molecule has 0 atom stereocenters. The van der Waals surface area contributed by atoms with Gasteiger partial charge in [-0.2, -0.15) is 0 Å². The second kappa shape index (κ2) is 4.41. The zero-order valence-corrected chi connectivity index (χ0v) is 9.77. The summed E-state index contributed by atoms with van der Waals surface area (Å²) in [6.07, 6.45) is 1.74. The molecule has 0 bridgehead atoms. The minimum atomic E-state index is -0.262. The first-order valence-electron chi connectivity index (χ1n) is 5.33. The molecule has 0 radical (unpaired) electrons. The molecule has 17 heavy (non-hydrogen) atoms. The fourth-order valence-electron chi connectivity index (χ4n) is 1.81. The van der Waals surface area contributed by atoms with Crippen molar-refractivity contribution in [2.24, 2.45) is 0 Å². The maximum absolute atomic E-state index is 12.0. The molecule has 1 aliphatic heterocycles. The minimum absolute atomic E-state index is 0.180. The molecular weight excluding hydrogens is 218 g/mol. The molecule has 0 fully saturated rings. The number of carbonyl (C=O) groups excluding carboxylic acids is 2. The first-order chi connectivity index (χ1) is 8.19. The number of fused-ring (bicyclic) bond motifs is 1. The van der Waals surface area contributed by atoms with E-state index in [0.717, 1.165) is 0 Å². The van der Waals surface area contributed by atoms with Crippen LogP contribution in [-0.2, 0) is 4.74 Å². The molecule has 1 aromatic carbocycles. The Kier molecular flexibility index (Phi) is 2.95. The molecule has 2 rings (SSSR count). The van der Waals surface area contributed by atoms with Crippen LogP contribution in [0.25, 0.3) is 0 Å². The van der Waals surface area contributed by atoms with Gasteiger partial charge in [-0.05, 0) is 25.1 Å². The van der Waals surface area contributed by atoms with Crippen LogP contribution in [0.3, 0.4) is 0 Å². The summed E-state index contributed by atoms with van der Waals surface area (Å²) in [5, 5.41) is 0. The number of nitrogens with zero attached hydrogens (tertiary/aromatic N) is 1. The Hall–Kier alpha value is -2.10. The van der Waals surface area contributed by atoms with Crippen molar-refractivity contribution in [3.05, 3.63) is 47.2 Å². The van der Waals surface area contributed by atoms with E-state index in [9.17, 15) is 9.59 Å². The van der Waals surface area contributed by atoms with Crippen LogP contribution in [0.15, 0.2) is 36.1 Å². The van der Waals surface area contributed by atoms with Gasteiger partial charge < -0.3 is 4.74 Å². The molecule has 1 aromatic rings. The number of ether oxygens (including phenoxy) is 1. The standard InChI is InChI=1S/C13H13NO3/c1-3-9(17-2)8-14-12(15)10-6-4-5-7-11(10)13(14)16/h3-7H,8H2,1-2H3/b9-3-. The van der Waals surface area contributed by atoms with E-state index in [1.54, 1.807) is 37.3 Å². The lowest BCUT2D eigenvalue weighted by Gasteiger charge is -2.15. The molecule has 88 valence electrons. The van der Waals surface area contributed by atoms with Crippen LogP contribution in [0.2, 0.25) is 0 Å². The smallest absolute Gasteiger partial charge is 0.261 e.